The lowest BCUT2D eigenvalue weighted by Crippen LogP contribution is -2.46. The number of hydrogen-bond acceptors (Lipinski definition) is 2. The molecule has 0 saturated carbocycles. The summed E-state index contributed by atoms with van der Waals surface area (Å²) >= 11 is 0. The first kappa shape index (κ1) is 12.7. The molecule has 0 aliphatic rings. The second-order valence-electron chi connectivity index (χ2n) is 4.45. The number of aliphatic carboxylic acids is 1. The van der Waals surface area contributed by atoms with Crippen molar-refractivity contribution in [3.05, 3.63) is 30.3 Å². The first-order valence-electron chi connectivity index (χ1n) is 5.20. The Morgan fingerprint density at radius 2 is 1.88 bits per heavy atom. The fraction of sp³-hybridized carbons (Fsp3) is 0.417. The van der Waals surface area contributed by atoms with Crippen LogP contribution in [0.15, 0.2) is 30.3 Å². The van der Waals surface area contributed by atoms with Gasteiger partial charge in [0.2, 0.25) is 0 Å². The lowest BCUT2D eigenvalue weighted by Gasteiger charge is -2.30. The van der Waals surface area contributed by atoms with E-state index < -0.39 is 12.1 Å². The van der Waals surface area contributed by atoms with Crippen LogP contribution in [0.25, 0.3) is 0 Å². The molecule has 4 nitrogen and oxygen atoms in total. The topological polar surface area (TPSA) is 57.5 Å². The third-order valence-corrected chi connectivity index (χ3v) is 2.53. The molecule has 0 radical (unpaired) electrons. The lowest BCUT2D eigenvalue weighted by atomic mass is 10.2. The molecule has 2 N–H and O–H groups in total. The summed E-state index contributed by atoms with van der Waals surface area (Å²) in [7, 11) is 3.89. The molecule has 0 spiro atoms. The van der Waals surface area contributed by atoms with Crippen molar-refractivity contribution in [1.82, 2.24) is 4.48 Å². The van der Waals surface area contributed by atoms with Crippen molar-refractivity contribution in [1.29, 1.82) is 0 Å². The van der Waals surface area contributed by atoms with Gasteiger partial charge in [-0.2, -0.15) is 0 Å². The van der Waals surface area contributed by atoms with Gasteiger partial charge in [0.25, 0.3) is 0 Å². The molecular weight excluding hydrogens is 206 g/mol. The fourth-order valence-electron chi connectivity index (χ4n) is 1.73. The highest BCUT2D eigenvalue weighted by Gasteiger charge is 2.24. The van der Waals surface area contributed by atoms with E-state index in [0.29, 0.717) is 11.0 Å². The SMILES string of the molecule is C[N+](C)(CC(O)CC(=O)O)c1ccccc1. The second kappa shape index (κ2) is 5.09. The predicted octanol–water partition coefficient (Wildman–Crippen LogP) is 1.09. The maximum atomic E-state index is 10.5. The van der Waals surface area contributed by atoms with Crippen molar-refractivity contribution < 1.29 is 15.0 Å². The third kappa shape index (κ3) is 3.64. The molecular formula is C12H18NO3+. The van der Waals surface area contributed by atoms with Gasteiger partial charge >= 0.3 is 5.97 Å². The van der Waals surface area contributed by atoms with Gasteiger partial charge in [-0.25, -0.2) is 0 Å². The van der Waals surface area contributed by atoms with Crippen molar-refractivity contribution >= 4 is 11.7 Å². The zero-order valence-electron chi connectivity index (χ0n) is 9.63. The van der Waals surface area contributed by atoms with Crippen LogP contribution in [0.2, 0.25) is 0 Å². The molecule has 0 amide bonds. The van der Waals surface area contributed by atoms with Crippen molar-refractivity contribution in [2.45, 2.75) is 12.5 Å². The number of nitrogens with zero attached hydrogens (tertiary/aromatic N) is 1. The van der Waals surface area contributed by atoms with Crippen LogP contribution in [0.5, 0.6) is 0 Å². The van der Waals surface area contributed by atoms with Crippen molar-refractivity contribution in [2.75, 3.05) is 20.6 Å². The Labute approximate surface area is 95.3 Å². The summed E-state index contributed by atoms with van der Waals surface area (Å²) < 4.78 is 0.468. The molecule has 0 aromatic heterocycles. The number of carbonyl (C=O) groups is 1. The van der Waals surface area contributed by atoms with Gasteiger partial charge in [0, 0.05) is 0 Å². The number of benzene rings is 1. The number of aliphatic hydroxyl groups is 1. The third-order valence-electron chi connectivity index (χ3n) is 2.53. The monoisotopic (exact) mass is 224 g/mol. The van der Waals surface area contributed by atoms with E-state index in [1.165, 1.54) is 0 Å². The van der Waals surface area contributed by atoms with Crippen molar-refractivity contribution in [3.8, 4) is 0 Å². The summed E-state index contributed by atoms with van der Waals surface area (Å²) in [5, 5.41) is 18.2. The number of rotatable bonds is 5. The molecule has 1 unspecified atom stereocenters. The molecule has 0 bridgehead atoms. The van der Waals surface area contributed by atoms with E-state index in [4.69, 9.17) is 5.11 Å². The Bertz CT molecular complexity index is 349. The maximum Gasteiger partial charge on any atom is 0.306 e. The van der Waals surface area contributed by atoms with Crippen LogP contribution >= 0.6 is 0 Å². The van der Waals surface area contributed by atoms with Gasteiger partial charge in [-0.1, -0.05) is 18.2 Å². The van der Waals surface area contributed by atoms with Crippen LogP contribution in [-0.4, -0.2) is 42.9 Å². The van der Waals surface area contributed by atoms with E-state index >= 15 is 0 Å². The Hall–Kier alpha value is -1.39. The van der Waals surface area contributed by atoms with E-state index in [2.05, 4.69) is 0 Å². The normalized spacial score (nSPS) is 13.4. The molecule has 0 aliphatic heterocycles. The number of quaternary nitrogens is 1. The van der Waals surface area contributed by atoms with Gasteiger partial charge in [-0.3, -0.25) is 9.28 Å². The molecule has 1 aromatic rings. The van der Waals surface area contributed by atoms with Crippen molar-refractivity contribution in [3.63, 3.8) is 0 Å². The number of para-hydroxylation sites is 1. The summed E-state index contributed by atoms with van der Waals surface area (Å²) in [6, 6.07) is 9.72. The molecule has 0 saturated heterocycles. The minimum Gasteiger partial charge on any atom is -0.481 e. The van der Waals surface area contributed by atoms with Crippen LogP contribution in [0.3, 0.4) is 0 Å². The molecule has 1 atom stereocenters. The molecule has 4 heteroatoms. The highest BCUT2D eigenvalue weighted by atomic mass is 16.4. The highest BCUT2D eigenvalue weighted by molar-refractivity contribution is 5.67. The van der Waals surface area contributed by atoms with Gasteiger partial charge in [0.15, 0.2) is 0 Å². The van der Waals surface area contributed by atoms with E-state index in [0.717, 1.165) is 5.69 Å². The standard InChI is InChI=1S/C12H17NO3/c1-13(2,9-11(14)8-12(15)16)10-6-4-3-5-7-10/h3-7,11,14H,8-9H2,1-2H3/p+1. The number of likely N-dealkylation sites (N-methyl/N-ethyl adjacent to an activating group) is 1. The quantitative estimate of drug-likeness (QED) is 0.736. The maximum absolute atomic E-state index is 10.5. The minimum absolute atomic E-state index is 0.214. The summed E-state index contributed by atoms with van der Waals surface area (Å²) in [4.78, 5) is 10.5. The van der Waals surface area contributed by atoms with Crippen LogP contribution in [0.4, 0.5) is 5.69 Å². The first-order chi connectivity index (χ1) is 7.42. The zero-order chi connectivity index (χ0) is 12.2. The molecule has 0 heterocycles. The molecule has 0 aliphatic carbocycles. The Morgan fingerprint density at radius 3 is 2.38 bits per heavy atom. The highest BCUT2D eigenvalue weighted by Crippen LogP contribution is 2.18. The van der Waals surface area contributed by atoms with Gasteiger partial charge in [0.05, 0.1) is 20.5 Å². The number of carboxylic acid groups (broad SMARTS) is 1. The first-order valence-corrected chi connectivity index (χ1v) is 5.20. The van der Waals surface area contributed by atoms with Gasteiger partial charge in [-0.05, 0) is 12.1 Å². The number of aliphatic hydroxyl groups excluding tert-OH is 1. The van der Waals surface area contributed by atoms with Gasteiger partial charge in [0.1, 0.15) is 18.3 Å². The summed E-state index contributed by atoms with van der Waals surface area (Å²) in [5.41, 5.74) is 1.05. The molecule has 1 rings (SSSR count). The van der Waals surface area contributed by atoms with E-state index in [1.807, 2.05) is 44.4 Å². The number of hydrogen-bond donors (Lipinski definition) is 2. The summed E-state index contributed by atoms with van der Waals surface area (Å²) in [6.07, 6.45) is -1.04. The second-order valence-corrected chi connectivity index (χ2v) is 4.45. The van der Waals surface area contributed by atoms with Gasteiger partial charge in [-0.15, -0.1) is 0 Å². The smallest absolute Gasteiger partial charge is 0.306 e. The fourth-order valence-corrected chi connectivity index (χ4v) is 1.73. The average molecular weight is 224 g/mol. The van der Waals surface area contributed by atoms with E-state index in [1.54, 1.807) is 0 Å². The van der Waals surface area contributed by atoms with Crippen LogP contribution < -0.4 is 4.48 Å². The van der Waals surface area contributed by atoms with Crippen LogP contribution in [-0.2, 0) is 4.79 Å². The van der Waals surface area contributed by atoms with E-state index in [9.17, 15) is 9.90 Å². The molecule has 88 valence electrons. The molecule has 0 fully saturated rings. The summed E-state index contributed by atoms with van der Waals surface area (Å²) in [5.74, 6) is -0.972. The summed E-state index contributed by atoms with van der Waals surface area (Å²) in [6.45, 7) is 0.385. The van der Waals surface area contributed by atoms with Crippen molar-refractivity contribution in [2.24, 2.45) is 0 Å². The average Bonchev–Trinajstić information content (AvgIpc) is 2.16. The van der Waals surface area contributed by atoms with Crippen LogP contribution in [0.1, 0.15) is 6.42 Å². The van der Waals surface area contributed by atoms with E-state index in [-0.39, 0.29) is 6.42 Å². The zero-order valence-corrected chi connectivity index (χ0v) is 9.63. The number of carboxylic acids is 1. The Kier molecular flexibility index (Phi) is 4.04. The predicted molar refractivity (Wildman–Crippen MR) is 63.2 cm³/mol. The Balaban J connectivity index is 2.68. The van der Waals surface area contributed by atoms with Gasteiger partial charge < -0.3 is 10.2 Å². The largest absolute Gasteiger partial charge is 0.481 e. The van der Waals surface area contributed by atoms with Crippen LogP contribution in [0, 0.1) is 0 Å². The molecule has 1 aromatic carbocycles. The molecule has 16 heavy (non-hydrogen) atoms. The lowest BCUT2D eigenvalue weighted by molar-refractivity contribution is -0.139. The Morgan fingerprint density at radius 1 is 1.31 bits per heavy atom. The minimum atomic E-state index is -0.972.